The van der Waals surface area contributed by atoms with Gasteiger partial charge in [-0.25, -0.2) is 8.42 Å². The van der Waals surface area contributed by atoms with Crippen LogP contribution < -0.4 is 5.73 Å². The first kappa shape index (κ1) is 11.4. The number of aliphatic hydroxyl groups is 1. The quantitative estimate of drug-likeness (QED) is 0.717. The lowest BCUT2D eigenvalue weighted by Crippen LogP contribution is -2.53. The van der Waals surface area contributed by atoms with E-state index < -0.39 is 16.1 Å². The zero-order valence-electron chi connectivity index (χ0n) is 8.70. The van der Waals surface area contributed by atoms with Gasteiger partial charge < -0.3 is 10.8 Å². The van der Waals surface area contributed by atoms with Crippen molar-refractivity contribution in [3.8, 4) is 0 Å². The van der Waals surface area contributed by atoms with Gasteiger partial charge in [0, 0.05) is 18.8 Å². The van der Waals surface area contributed by atoms with E-state index in [0.717, 1.165) is 0 Å². The topological polar surface area (TPSA) is 83.6 Å². The highest BCUT2D eigenvalue weighted by molar-refractivity contribution is 7.88. The van der Waals surface area contributed by atoms with Gasteiger partial charge >= 0.3 is 0 Å². The van der Waals surface area contributed by atoms with Crippen molar-refractivity contribution in [2.24, 2.45) is 0 Å². The number of rotatable bonds is 3. The van der Waals surface area contributed by atoms with E-state index in [1.165, 1.54) is 4.31 Å². The van der Waals surface area contributed by atoms with Crippen LogP contribution >= 0.6 is 0 Å². The zero-order chi connectivity index (χ0) is 11.8. The standard InChI is InChI=1S/C10H14N2O3S/c11-10-4-2-1-3-8(10)7-16(14,15)12-5-9(13)6-12/h1-4,9,13H,5-7,11H2. The summed E-state index contributed by atoms with van der Waals surface area (Å²) in [5.74, 6) is -0.105. The Kier molecular flexibility index (Phi) is 2.88. The van der Waals surface area contributed by atoms with E-state index in [1.807, 2.05) is 0 Å². The molecule has 1 saturated heterocycles. The highest BCUT2D eigenvalue weighted by Gasteiger charge is 2.34. The minimum atomic E-state index is -3.34. The van der Waals surface area contributed by atoms with Gasteiger partial charge in [0.15, 0.2) is 0 Å². The molecule has 1 aliphatic rings. The van der Waals surface area contributed by atoms with E-state index in [9.17, 15) is 8.42 Å². The fraction of sp³-hybridized carbons (Fsp3) is 0.400. The molecule has 0 atom stereocenters. The number of benzene rings is 1. The molecule has 0 unspecified atom stereocenters. The predicted octanol–water partition coefficient (Wildman–Crippen LogP) is -0.225. The molecular weight excluding hydrogens is 228 g/mol. The van der Waals surface area contributed by atoms with E-state index in [4.69, 9.17) is 10.8 Å². The molecule has 0 bridgehead atoms. The molecule has 0 aromatic heterocycles. The highest BCUT2D eigenvalue weighted by atomic mass is 32.2. The average Bonchev–Trinajstić information content (AvgIpc) is 2.16. The summed E-state index contributed by atoms with van der Waals surface area (Å²) >= 11 is 0. The molecule has 0 saturated carbocycles. The number of sulfonamides is 1. The van der Waals surface area contributed by atoms with Gasteiger partial charge in [-0.15, -0.1) is 0 Å². The van der Waals surface area contributed by atoms with Gasteiger partial charge in [-0.3, -0.25) is 0 Å². The monoisotopic (exact) mass is 242 g/mol. The van der Waals surface area contributed by atoms with Crippen LogP contribution in [0.2, 0.25) is 0 Å². The Balaban J connectivity index is 2.13. The van der Waals surface area contributed by atoms with Crippen molar-refractivity contribution in [1.82, 2.24) is 4.31 Å². The van der Waals surface area contributed by atoms with Gasteiger partial charge in [0.05, 0.1) is 11.9 Å². The lowest BCUT2D eigenvalue weighted by atomic mass is 10.2. The van der Waals surface area contributed by atoms with Gasteiger partial charge in [-0.2, -0.15) is 4.31 Å². The van der Waals surface area contributed by atoms with E-state index in [-0.39, 0.29) is 18.8 Å². The Hall–Kier alpha value is -1.11. The first-order valence-corrected chi connectivity index (χ1v) is 6.59. The molecule has 1 aromatic rings. The summed E-state index contributed by atoms with van der Waals surface area (Å²) in [5, 5.41) is 9.07. The lowest BCUT2D eigenvalue weighted by Gasteiger charge is -2.34. The van der Waals surface area contributed by atoms with Crippen molar-refractivity contribution in [3.63, 3.8) is 0 Å². The summed E-state index contributed by atoms with van der Waals surface area (Å²) in [4.78, 5) is 0. The maximum atomic E-state index is 11.8. The Labute approximate surface area is 94.5 Å². The molecule has 0 amide bonds. The SMILES string of the molecule is Nc1ccccc1CS(=O)(=O)N1CC(O)C1. The van der Waals surface area contributed by atoms with Gasteiger partial charge in [0.1, 0.15) is 0 Å². The number of para-hydroxylation sites is 1. The Morgan fingerprint density at radius 1 is 1.38 bits per heavy atom. The smallest absolute Gasteiger partial charge is 0.218 e. The molecule has 1 aromatic carbocycles. The molecule has 1 heterocycles. The van der Waals surface area contributed by atoms with Crippen LogP contribution in [0.25, 0.3) is 0 Å². The van der Waals surface area contributed by atoms with Gasteiger partial charge in [0.2, 0.25) is 10.0 Å². The van der Waals surface area contributed by atoms with E-state index in [0.29, 0.717) is 11.3 Å². The largest absolute Gasteiger partial charge is 0.398 e. The van der Waals surface area contributed by atoms with Crippen LogP contribution in [0.1, 0.15) is 5.56 Å². The molecule has 0 aliphatic carbocycles. The third-order valence-electron chi connectivity index (χ3n) is 2.62. The van der Waals surface area contributed by atoms with E-state index in [2.05, 4.69) is 0 Å². The molecule has 1 fully saturated rings. The maximum Gasteiger partial charge on any atom is 0.218 e. The van der Waals surface area contributed by atoms with Crippen LogP contribution in [-0.4, -0.2) is 37.0 Å². The van der Waals surface area contributed by atoms with Gasteiger partial charge in [0.25, 0.3) is 0 Å². The number of hydrogen-bond acceptors (Lipinski definition) is 4. The second kappa shape index (κ2) is 4.04. The third-order valence-corrected chi connectivity index (χ3v) is 4.38. The van der Waals surface area contributed by atoms with E-state index >= 15 is 0 Å². The van der Waals surface area contributed by atoms with Crippen LogP contribution in [0.4, 0.5) is 5.69 Å². The Morgan fingerprint density at radius 3 is 2.56 bits per heavy atom. The third kappa shape index (κ3) is 2.18. The van der Waals surface area contributed by atoms with Crippen LogP contribution in [0, 0.1) is 0 Å². The second-order valence-corrected chi connectivity index (χ2v) is 5.89. The molecule has 88 valence electrons. The van der Waals surface area contributed by atoms with Crippen LogP contribution in [0.3, 0.4) is 0 Å². The summed E-state index contributed by atoms with van der Waals surface area (Å²) < 4.78 is 24.9. The van der Waals surface area contributed by atoms with Crippen molar-refractivity contribution in [2.45, 2.75) is 11.9 Å². The van der Waals surface area contributed by atoms with Crippen molar-refractivity contribution in [1.29, 1.82) is 0 Å². The summed E-state index contributed by atoms with van der Waals surface area (Å²) in [7, 11) is -3.34. The van der Waals surface area contributed by atoms with Crippen LogP contribution in [0.5, 0.6) is 0 Å². The predicted molar refractivity (Wildman–Crippen MR) is 61.1 cm³/mol. The first-order valence-electron chi connectivity index (χ1n) is 4.98. The molecular formula is C10H14N2O3S. The minimum absolute atomic E-state index is 0.105. The number of β-amino-alcohol motifs (C(OH)–C–C–N with tert-alkyl or cyclic N) is 1. The summed E-state index contributed by atoms with van der Waals surface area (Å²) in [5.41, 5.74) is 6.76. The molecule has 0 radical (unpaired) electrons. The Morgan fingerprint density at radius 2 is 2.00 bits per heavy atom. The average molecular weight is 242 g/mol. The molecule has 0 spiro atoms. The van der Waals surface area contributed by atoms with Crippen LogP contribution in [0.15, 0.2) is 24.3 Å². The highest BCUT2D eigenvalue weighted by Crippen LogP contribution is 2.20. The van der Waals surface area contributed by atoms with Crippen molar-refractivity contribution >= 4 is 15.7 Å². The number of nitrogens with two attached hydrogens (primary N) is 1. The number of nitrogens with zero attached hydrogens (tertiary/aromatic N) is 1. The summed E-state index contributed by atoms with van der Waals surface area (Å²) in [6, 6.07) is 6.89. The molecule has 3 N–H and O–H groups in total. The minimum Gasteiger partial charge on any atom is -0.398 e. The fourth-order valence-corrected chi connectivity index (χ4v) is 3.23. The zero-order valence-corrected chi connectivity index (χ0v) is 9.52. The van der Waals surface area contributed by atoms with E-state index in [1.54, 1.807) is 24.3 Å². The molecule has 6 heteroatoms. The summed E-state index contributed by atoms with van der Waals surface area (Å²) in [6.07, 6.45) is -0.525. The van der Waals surface area contributed by atoms with Crippen molar-refractivity contribution in [3.05, 3.63) is 29.8 Å². The Bertz CT molecular complexity index is 481. The van der Waals surface area contributed by atoms with Gasteiger partial charge in [-0.05, 0) is 11.6 Å². The molecule has 16 heavy (non-hydrogen) atoms. The van der Waals surface area contributed by atoms with Crippen molar-refractivity contribution < 1.29 is 13.5 Å². The molecule has 2 rings (SSSR count). The number of nitrogen functional groups attached to an aromatic ring is 1. The fourth-order valence-electron chi connectivity index (χ4n) is 1.60. The number of aliphatic hydroxyl groups excluding tert-OH is 1. The normalized spacial score (nSPS) is 18.3. The number of anilines is 1. The number of hydrogen-bond donors (Lipinski definition) is 2. The molecule has 1 aliphatic heterocycles. The first-order chi connectivity index (χ1) is 7.49. The maximum absolute atomic E-state index is 11.8. The van der Waals surface area contributed by atoms with Crippen LogP contribution in [-0.2, 0) is 15.8 Å². The van der Waals surface area contributed by atoms with Gasteiger partial charge in [-0.1, -0.05) is 18.2 Å². The van der Waals surface area contributed by atoms with Crippen molar-refractivity contribution in [2.75, 3.05) is 18.8 Å². The summed E-state index contributed by atoms with van der Waals surface area (Å²) in [6.45, 7) is 0.379. The lowest BCUT2D eigenvalue weighted by molar-refractivity contribution is 0.0547. The second-order valence-electron chi connectivity index (χ2n) is 3.93. The molecule has 5 nitrogen and oxygen atoms in total.